The number of para-hydroxylation sites is 2. The van der Waals surface area contributed by atoms with Gasteiger partial charge < -0.3 is 10.1 Å². The number of anilines is 2. The van der Waals surface area contributed by atoms with Crippen LogP contribution in [-0.2, 0) is 19.6 Å². The summed E-state index contributed by atoms with van der Waals surface area (Å²) in [5.74, 6) is -2.27. The first-order chi connectivity index (χ1) is 15.6. The van der Waals surface area contributed by atoms with E-state index in [1.807, 2.05) is 6.92 Å². The van der Waals surface area contributed by atoms with E-state index in [4.69, 9.17) is 4.74 Å². The monoisotopic (exact) mass is 470 g/mol. The van der Waals surface area contributed by atoms with E-state index in [1.54, 1.807) is 38.1 Å². The number of amides is 1. The van der Waals surface area contributed by atoms with Crippen LogP contribution in [-0.4, -0.2) is 26.9 Å². The molecule has 0 aliphatic rings. The lowest BCUT2D eigenvalue weighted by Gasteiger charge is -2.16. The molecule has 0 saturated heterocycles. The Morgan fingerprint density at radius 1 is 0.909 bits per heavy atom. The number of halogens is 1. The van der Waals surface area contributed by atoms with Crippen molar-refractivity contribution < 1.29 is 27.1 Å². The van der Waals surface area contributed by atoms with Gasteiger partial charge in [0.2, 0.25) is 0 Å². The Hall–Kier alpha value is -3.72. The van der Waals surface area contributed by atoms with Crippen molar-refractivity contribution in [2.75, 3.05) is 16.6 Å². The van der Waals surface area contributed by atoms with Crippen LogP contribution < -0.4 is 10.0 Å². The molecule has 0 fully saturated rings. The van der Waals surface area contributed by atoms with E-state index >= 15 is 0 Å². The molecule has 0 spiro atoms. The quantitative estimate of drug-likeness (QED) is 0.500. The minimum atomic E-state index is -4.00. The highest BCUT2D eigenvalue weighted by atomic mass is 32.2. The topological polar surface area (TPSA) is 102 Å². The van der Waals surface area contributed by atoms with E-state index in [1.165, 1.54) is 36.4 Å². The van der Waals surface area contributed by atoms with Gasteiger partial charge in [0.25, 0.3) is 15.9 Å². The summed E-state index contributed by atoms with van der Waals surface area (Å²) in [6.45, 7) is 4.59. The van der Waals surface area contributed by atoms with Gasteiger partial charge in [0, 0.05) is 0 Å². The van der Waals surface area contributed by atoms with Gasteiger partial charge in [0.1, 0.15) is 5.82 Å². The molecule has 0 saturated carbocycles. The van der Waals surface area contributed by atoms with Gasteiger partial charge in [-0.3, -0.25) is 9.52 Å². The van der Waals surface area contributed by atoms with Crippen molar-refractivity contribution in [3.63, 3.8) is 0 Å². The number of sulfonamides is 1. The predicted molar refractivity (Wildman–Crippen MR) is 123 cm³/mol. The second-order valence-corrected chi connectivity index (χ2v) is 9.10. The zero-order valence-corrected chi connectivity index (χ0v) is 19.1. The molecule has 172 valence electrons. The SMILES string of the molecule is Cc1cc(C)c(S(=O)(=O)Nc2ccccc2C(=O)OCC(=O)Nc2ccccc2F)c(C)c1. The first-order valence-electron chi connectivity index (χ1n) is 9.99. The van der Waals surface area contributed by atoms with Gasteiger partial charge in [-0.25, -0.2) is 17.6 Å². The number of hydrogen-bond donors (Lipinski definition) is 2. The summed E-state index contributed by atoms with van der Waals surface area (Å²) in [4.78, 5) is 24.7. The smallest absolute Gasteiger partial charge is 0.340 e. The molecule has 0 aliphatic carbocycles. The zero-order chi connectivity index (χ0) is 24.2. The highest BCUT2D eigenvalue weighted by Gasteiger charge is 2.23. The number of carbonyl (C=O) groups is 2. The van der Waals surface area contributed by atoms with Crippen molar-refractivity contribution in [3.8, 4) is 0 Å². The average molecular weight is 471 g/mol. The third kappa shape index (κ3) is 5.75. The number of aryl methyl sites for hydroxylation is 3. The molecule has 2 N–H and O–H groups in total. The molecule has 1 amide bonds. The minimum absolute atomic E-state index is 0.0105. The first-order valence-corrected chi connectivity index (χ1v) is 11.5. The Morgan fingerprint density at radius 3 is 2.12 bits per heavy atom. The van der Waals surface area contributed by atoms with Crippen molar-refractivity contribution >= 4 is 33.3 Å². The highest BCUT2D eigenvalue weighted by Crippen LogP contribution is 2.26. The summed E-state index contributed by atoms with van der Waals surface area (Å²) in [5.41, 5.74) is 1.98. The van der Waals surface area contributed by atoms with Gasteiger partial charge in [0.15, 0.2) is 6.61 Å². The van der Waals surface area contributed by atoms with Crippen LogP contribution in [0.1, 0.15) is 27.0 Å². The molecule has 0 bridgehead atoms. The predicted octanol–water partition coefficient (Wildman–Crippen LogP) is 4.35. The van der Waals surface area contributed by atoms with Gasteiger partial charge in [-0.1, -0.05) is 42.0 Å². The van der Waals surface area contributed by atoms with Crippen LogP contribution in [0, 0.1) is 26.6 Å². The molecular weight excluding hydrogens is 447 g/mol. The fraction of sp³-hybridized carbons (Fsp3) is 0.167. The number of rotatable bonds is 7. The van der Waals surface area contributed by atoms with E-state index in [0.29, 0.717) is 11.1 Å². The maximum Gasteiger partial charge on any atom is 0.340 e. The van der Waals surface area contributed by atoms with Crippen LogP contribution in [0.3, 0.4) is 0 Å². The van der Waals surface area contributed by atoms with E-state index in [9.17, 15) is 22.4 Å². The maximum absolute atomic E-state index is 13.7. The van der Waals surface area contributed by atoms with Crippen LogP contribution in [0.25, 0.3) is 0 Å². The van der Waals surface area contributed by atoms with Crippen LogP contribution in [0.15, 0.2) is 65.6 Å². The van der Waals surface area contributed by atoms with Crippen molar-refractivity contribution in [2.24, 2.45) is 0 Å². The maximum atomic E-state index is 13.7. The average Bonchev–Trinajstić information content (AvgIpc) is 2.73. The summed E-state index contributed by atoms with van der Waals surface area (Å²) in [5, 5.41) is 2.31. The molecule has 0 atom stereocenters. The molecule has 0 aliphatic heterocycles. The number of carbonyl (C=O) groups excluding carboxylic acids is 2. The Labute approximate surface area is 191 Å². The van der Waals surface area contributed by atoms with Gasteiger partial charge in [-0.15, -0.1) is 0 Å². The number of benzene rings is 3. The van der Waals surface area contributed by atoms with Crippen LogP contribution in [0.2, 0.25) is 0 Å². The Balaban J connectivity index is 1.75. The van der Waals surface area contributed by atoms with E-state index in [2.05, 4.69) is 10.0 Å². The number of ether oxygens (including phenoxy) is 1. The lowest BCUT2D eigenvalue weighted by Crippen LogP contribution is -2.22. The van der Waals surface area contributed by atoms with Gasteiger partial charge in [0.05, 0.1) is 21.8 Å². The largest absolute Gasteiger partial charge is 0.452 e. The standard InChI is InChI=1S/C24H23FN2O5S/c1-15-12-16(2)23(17(3)13-15)33(30,31)27-20-10-6-4-8-18(20)24(29)32-14-22(28)26-21-11-7-5-9-19(21)25/h4-13,27H,14H2,1-3H3,(H,26,28). The van der Waals surface area contributed by atoms with E-state index in [0.717, 1.165) is 5.56 Å². The molecule has 3 aromatic rings. The second-order valence-electron chi connectivity index (χ2n) is 7.48. The first kappa shape index (κ1) is 23.9. The summed E-state index contributed by atoms with van der Waals surface area (Å²) >= 11 is 0. The summed E-state index contributed by atoms with van der Waals surface area (Å²) in [7, 11) is -4.00. The van der Waals surface area contributed by atoms with Gasteiger partial charge >= 0.3 is 5.97 Å². The molecule has 3 aromatic carbocycles. The highest BCUT2D eigenvalue weighted by molar-refractivity contribution is 7.92. The molecular formula is C24H23FN2O5S. The molecule has 0 unspecified atom stereocenters. The van der Waals surface area contributed by atoms with E-state index in [-0.39, 0.29) is 21.8 Å². The normalized spacial score (nSPS) is 11.0. The lowest BCUT2D eigenvalue weighted by molar-refractivity contribution is -0.119. The molecule has 0 radical (unpaired) electrons. The minimum Gasteiger partial charge on any atom is -0.452 e. The molecule has 7 nitrogen and oxygen atoms in total. The zero-order valence-electron chi connectivity index (χ0n) is 18.3. The molecule has 33 heavy (non-hydrogen) atoms. The van der Waals surface area contributed by atoms with Crippen LogP contribution in [0.5, 0.6) is 0 Å². The van der Waals surface area contributed by atoms with Crippen molar-refractivity contribution in [2.45, 2.75) is 25.7 Å². The summed E-state index contributed by atoms with van der Waals surface area (Å²) < 4.78 is 47.2. The summed E-state index contributed by atoms with van der Waals surface area (Å²) in [6.07, 6.45) is 0. The third-order valence-electron chi connectivity index (χ3n) is 4.75. The third-order valence-corrected chi connectivity index (χ3v) is 6.42. The molecule has 9 heteroatoms. The number of hydrogen-bond acceptors (Lipinski definition) is 5. The molecule has 0 heterocycles. The summed E-state index contributed by atoms with van der Waals surface area (Å²) in [6, 6.07) is 15.0. The van der Waals surface area contributed by atoms with Gasteiger partial charge in [-0.05, 0) is 56.2 Å². The Morgan fingerprint density at radius 2 is 1.48 bits per heavy atom. The Kier molecular flexibility index (Phi) is 7.13. The Bertz CT molecular complexity index is 1300. The van der Waals surface area contributed by atoms with Gasteiger partial charge in [-0.2, -0.15) is 0 Å². The number of nitrogens with one attached hydrogen (secondary N) is 2. The fourth-order valence-corrected chi connectivity index (χ4v) is 5.03. The number of esters is 1. The lowest BCUT2D eigenvalue weighted by atomic mass is 10.1. The van der Waals surface area contributed by atoms with E-state index < -0.39 is 34.3 Å². The molecule has 0 aromatic heterocycles. The second kappa shape index (κ2) is 9.83. The van der Waals surface area contributed by atoms with Crippen molar-refractivity contribution in [1.29, 1.82) is 0 Å². The fourth-order valence-electron chi connectivity index (χ4n) is 3.49. The van der Waals surface area contributed by atoms with Crippen LogP contribution in [0.4, 0.5) is 15.8 Å². The molecule has 3 rings (SSSR count). The van der Waals surface area contributed by atoms with Crippen molar-refractivity contribution in [3.05, 3.63) is 88.7 Å². The van der Waals surface area contributed by atoms with Crippen LogP contribution >= 0.6 is 0 Å². The van der Waals surface area contributed by atoms with Crippen molar-refractivity contribution in [1.82, 2.24) is 0 Å².